The van der Waals surface area contributed by atoms with E-state index >= 15 is 0 Å². The molecule has 0 aromatic rings. The van der Waals surface area contributed by atoms with Crippen molar-refractivity contribution in [2.75, 3.05) is 0 Å². The molecule has 1 aliphatic carbocycles. The van der Waals surface area contributed by atoms with E-state index in [1.165, 1.54) is 6.42 Å². The first kappa shape index (κ1) is 15.2. The van der Waals surface area contributed by atoms with E-state index in [0.717, 1.165) is 31.6 Å². The van der Waals surface area contributed by atoms with Gasteiger partial charge in [0, 0.05) is 12.8 Å². The van der Waals surface area contributed by atoms with Gasteiger partial charge in [-0.25, -0.2) is 0 Å². The number of carbonyl (C=O) groups is 1. The molecular formula is C12H26O. The van der Waals surface area contributed by atoms with Gasteiger partial charge in [0.25, 0.3) is 0 Å². The Morgan fingerprint density at radius 3 is 1.38 bits per heavy atom. The lowest BCUT2D eigenvalue weighted by atomic mass is 10.00. The summed E-state index contributed by atoms with van der Waals surface area (Å²) in [5, 5.41) is 0. The molecule has 1 nitrogen and oxygen atoms in total. The molecule has 0 aliphatic heterocycles. The van der Waals surface area contributed by atoms with E-state index in [2.05, 4.69) is 20.8 Å². The third kappa shape index (κ3) is 18.5. The largest absolute Gasteiger partial charge is 0.300 e. The molecule has 0 amide bonds. The maximum atomic E-state index is 10.5. The predicted molar refractivity (Wildman–Crippen MR) is 60.0 cm³/mol. The zero-order chi connectivity index (χ0) is 10.7. The summed E-state index contributed by atoms with van der Waals surface area (Å²) >= 11 is 0. The number of hydrogen-bond donors (Lipinski definition) is 0. The van der Waals surface area contributed by atoms with Crippen molar-refractivity contribution >= 4 is 5.78 Å². The summed E-state index contributed by atoms with van der Waals surface area (Å²) in [6.07, 6.45) is 5.24. The molecule has 1 fully saturated rings. The van der Waals surface area contributed by atoms with Gasteiger partial charge in [-0.3, -0.25) is 4.79 Å². The summed E-state index contributed by atoms with van der Waals surface area (Å²) in [5.74, 6) is 1.30. The molecule has 0 atom stereocenters. The van der Waals surface area contributed by atoms with Crippen molar-refractivity contribution in [1.29, 1.82) is 0 Å². The zero-order valence-corrected chi connectivity index (χ0v) is 10.0. The monoisotopic (exact) mass is 186 g/mol. The Labute approximate surface area is 83.9 Å². The first-order chi connectivity index (χ1) is 6.13. The number of ketones is 1. The van der Waals surface area contributed by atoms with E-state index in [0.29, 0.717) is 5.78 Å². The van der Waals surface area contributed by atoms with E-state index in [9.17, 15) is 4.79 Å². The molecule has 1 rings (SSSR count). The lowest BCUT2D eigenvalue weighted by molar-refractivity contribution is -0.120. The molecule has 0 heterocycles. The summed E-state index contributed by atoms with van der Waals surface area (Å²) in [6, 6.07) is 0. The van der Waals surface area contributed by atoms with Crippen LogP contribution in [0.3, 0.4) is 0 Å². The first-order valence-corrected chi connectivity index (χ1v) is 5.64. The Kier molecular flexibility index (Phi) is 13.6. The standard InChI is InChI=1S/C6H10O.C4H10.C2H6/c7-6-4-2-1-3-5-6;1-4(2)3;1-2/h1-5H2;4H,1-3H3;1-2H3. The SMILES string of the molecule is CC.CC(C)C.O=C1CCCCC1. The predicted octanol–water partition coefficient (Wildman–Crippen LogP) is 4.21. The molecule has 0 saturated heterocycles. The van der Waals surface area contributed by atoms with Gasteiger partial charge in [-0.1, -0.05) is 41.0 Å². The highest BCUT2D eigenvalue weighted by molar-refractivity contribution is 5.78. The number of carbonyl (C=O) groups excluding carboxylic acids is 1. The smallest absolute Gasteiger partial charge is 0.132 e. The molecule has 0 radical (unpaired) electrons. The summed E-state index contributed by atoms with van der Waals surface area (Å²) in [6.45, 7) is 10.5. The molecule has 0 bridgehead atoms. The van der Waals surface area contributed by atoms with Gasteiger partial charge in [0.15, 0.2) is 0 Å². The molecule has 1 heteroatoms. The molecule has 0 aromatic carbocycles. The first-order valence-electron chi connectivity index (χ1n) is 5.64. The fourth-order valence-corrected chi connectivity index (χ4v) is 0.946. The average molecular weight is 186 g/mol. The van der Waals surface area contributed by atoms with E-state index in [1.54, 1.807) is 0 Å². The van der Waals surface area contributed by atoms with Crippen molar-refractivity contribution < 1.29 is 4.79 Å². The lowest BCUT2D eigenvalue weighted by Gasteiger charge is -2.05. The van der Waals surface area contributed by atoms with Crippen molar-refractivity contribution in [3.05, 3.63) is 0 Å². The Hall–Kier alpha value is -0.330. The molecule has 1 saturated carbocycles. The van der Waals surface area contributed by atoms with Crippen LogP contribution in [-0.2, 0) is 4.79 Å². The van der Waals surface area contributed by atoms with E-state index in [4.69, 9.17) is 0 Å². The van der Waals surface area contributed by atoms with E-state index in [1.807, 2.05) is 13.8 Å². The summed E-state index contributed by atoms with van der Waals surface area (Å²) in [5.41, 5.74) is 0. The van der Waals surface area contributed by atoms with Crippen LogP contribution in [0.5, 0.6) is 0 Å². The highest BCUT2D eigenvalue weighted by atomic mass is 16.1. The van der Waals surface area contributed by atoms with Crippen molar-refractivity contribution in [3.8, 4) is 0 Å². The maximum absolute atomic E-state index is 10.5. The average Bonchev–Trinajstić information content (AvgIpc) is 2.08. The van der Waals surface area contributed by atoms with Gasteiger partial charge in [0.1, 0.15) is 5.78 Å². The Balaban J connectivity index is 0. The van der Waals surface area contributed by atoms with Gasteiger partial charge in [-0.2, -0.15) is 0 Å². The minimum absolute atomic E-state index is 0.464. The zero-order valence-electron chi connectivity index (χ0n) is 10.0. The van der Waals surface area contributed by atoms with Crippen molar-refractivity contribution in [2.24, 2.45) is 5.92 Å². The molecular weight excluding hydrogens is 160 g/mol. The number of Topliss-reactive ketones (excluding diaryl/α,β-unsaturated/α-hetero) is 1. The van der Waals surface area contributed by atoms with E-state index < -0.39 is 0 Å². The molecule has 0 spiro atoms. The molecule has 0 N–H and O–H groups in total. The second-order valence-corrected chi connectivity index (χ2v) is 3.83. The minimum atomic E-state index is 0.464. The summed E-state index contributed by atoms with van der Waals surface area (Å²) in [4.78, 5) is 10.5. The van der Waals surface area contributed by atoms with Crippen LogP contribution in [0, 0.1) is 5.92 Å². The molecule has 80 valence electrons. The van der Waals surface area contributed by atoms with Gasteiger partial charge in [0.05, 0.1) is 0 Å². The second-order valence-electron chi connectivity index (χ2n) is 3.83. The van der Waals surface area contributed by atoms with Crippen LogP contribution < -0.4 is 0 Å². The van der Waals surface area contributed by atoms with Crippen molar-refractivity contribution in [3.63, 3.8) is 0 Å². The Morgan fingerprint density at radius 1 is 0.923 bits per heavy atom. The van der Waals surface area contributed by atoms with Crippen LogP contribution in [0.15, 0.2) is 0 Å². The quantitative estimate of drug-likeness (QED) is 0.554. The lowest BCUT2D eigenvalue weighted by Crippen LogP contribution is -2.02. The highest BCUT2D eigenvalue weighted by Gasteiger charge is 2.05. The minimum Gasteiger partial charge on any atom is -0.300 e. The van der Waals surface area contributed by atoms with Crippen molar-refractivity contribution in [1.82, 2.24) is 0 Å². The Bertz CT molecular complexity index is 94.9. The normalized spacial score (nSPS) is 15.4. The van der Waals surface area contributed by atoms with Crippen LogP contribution in [0.25, 0.3) is 0 Å². The van der Waals surface area contributed by atoms with Crippen LogP contribution in [-0.4, -0.2) is 5.78 Å². The topological polar surface area (TPSA) is 17.1 Å². The molecule has 0 aromatic heterocycles. The molecule has 0 unspecified atom stereocenters. The van der Waals surface area contributed by atoms with Gasteiger partial charge < -0.3 is 0 Å². The molecule has 13 heavy (non-hydrogen) atoms. The second kappa shape index (κ2) is 11.7. The maximum Gasteiger partial charge on any atom is 0.132 e. The van der Waals surface area contributed by atoms with Gasteiger partial charge >= 0.3 is 0 Å². The highest BCUT2D eigenvalue weighted by Crippen LogP contribution is 2.12. The molecule has 1 aliphatic rings. The number of rotatable bonds is 0. The summed E-state index contributed by atoms with van der Waals surface area (Å²) in [7, 11) is 0. The summed E-state index contributed by atoms with van der Waals surface area (Å²) < 4.78 is 0. The van der Waals surface area contributed by atoms with Gasteiger partial charge in [-0.05, 0) is 18.8 Å². The van der Waals surface area contributed by atoms with Crippen LogP contribution in [0.1, 0.15) is 66.7 Å². The van der Waals surface area contributed by atoms with E-state index in [-0.39, 0.29) is 0 Å². The van der Waals surface area contributed by atoms with Gasteiger partial charge in [-0.15, -0.1) is 0 Å². The van der Waals surface area contributed by atoms with Crippen LogP contribution >= 0.6 is 0 Å². The third-order valence-corrected chi connectivity index (χ3v) is 1.41. The van der Waals surface area contributed by atoms with Crippen molar-refractivity contribution in [2.45, 2.75) is 66.7 Å². The fourth-order valence-electron chi connectivity index (χ4n) is 0.946. The fraction of sp³-hybridized carbons (Fsp3) is 0.917. The Morgan fingerprint density at radius 2 is 1.23 bits per heavy atom. The van der Waals surface area contributed by atoms with Gasteiger partial charge in [0.2, 0.25) is 0 Å². The number of hydrogen-bond acceptors (Lipinski definition) is 1. The van der Waals surface area contributed by atoms with Crippen LogP contribution in [0.4, 0.5) is 0 Å². The third-order valence-electron chi connectivity index (χ3n) is 1.41. The van der Waals surface area contributed by atoms with Crippen LogP contribution in [0.2, 0.25) is 0 Å².